The molecule has 3 aliphatic heterocycles. The van der Waals surface area contributed by atoms with Gasteiger partial charge in [0, 0.05) is 37.0 Å². The summed E-state index contributed by atoms with van der Waals surface area (Å²) in [5.74, 6) is -0.0884. The minimum Gasteiger partial charge on any atom is -0.461 e. The molecule has 4 aliphatic rings. The topological polar surface area (TPSA) is 75.2 Å². The van der Waals surface area contributed by atoms with Gasteiger partial charge in [-0.1, -0.05) is 25.4 Å². The molecule has 0 amide bonds. The van der Waals surface area contributed by atoms with Crippen molar-refractivity contribution in [2.45, 2.75) is 94.5 Å². The van der Waals surface area contributed by atoms with E-state index in [1.54, 1.807) is 0 Å². The maximum atomic E-state index is 15.2. The number of aromatic nitrogens is 3. The number of halogens is 3. The monoisotopic (exact) mass is 506 g/mol. The molecule has 10 heteroatoms. The molecule has 2 aromatic heterocycles. The Balaban J connectivity index is 1.36. The fourth-order valence-electron chi connectivity index (χ4n) is 6.39. The van der Waals surface area contributed by atoms with E-state index < -0.39 is 12.0 Å². The summed E-state index contributed by atoms with van der Waals surface area (Å²) in [5, 5.41) is 7.72. The molecule has 2 N–H and O–H groups in total. The summed E-state index contributed by atoms with van der Waals surface area (Å²) < 4.78 is 35.5. The zero-order chi connectivity index (χ0) is 24.3. The predicted molar refractivity (Wildman–Crippen MR) is 132 cm³/mol. The average molecular weight is 507 g/mol. The van der Waals surface area contributed by atoms with Crippen molar-refractivity contribution in [3.05, 3.63) is 16.7 Å². The smallest absolute Gasteiger partial charge is 0.319 e. The van der Waals surface area contributed by atoms with Crippen molar-refractivity contribution in [2.24, 2.45) is 0 Å². The van der Waals surface area contributed by atoms with E-state index in [4.69, 9.17) is 21.3 Å². The SMILES string of the molecule is CC[C@H](NC1CC1)[C@H]1C[C@H](C)c2nc(Cl)c(F)c3nc(OC[C@@]45CCCN4C[C@H](F)C5)nc(c23)N1. The van der Waals surface area contributed by atoms with E-state index in [0.717, 1.165) is 32.2 Å². The third-order valence-corrected chi connectivity index (χ3v) is 8.58. The molecule has 0 spiro atoms. The largest absolute Gasteiger partial charge is 0.461 e. The number of hydrogen-bond donors (Lipinski definition) is 2. The molecule has 1 saturated carbocycles. The highest BCUT2D eigenvalue weighted by molar-refractivity contribution is 6.30. The summed E-state index contributed by atoms with van der Waals surface area (Å²) in [6.45, 7) is 5.87. The van der Waals surface area contributed by atoms with Crippen LogP contribution in [0.2, 0.25) is 5.15 Å². The molecule has 1 aliphatic carbocycles. The van der Waals surface area contributed by atoms with E-state index >= 15 is 4.39 Å². The molecule has 5 heterocycles. The van der Waals surface area contributed by atoms with Crippen LogP contribution in [0.15, 0.2) is 0 Å². The van der Waals surface area contributed by atoms with Crippen LogP contribution in [0, 0.1) is 5.82 Å². The van der Waals surface area contributed by atoms with E-state index in [0.29, 0.717) is 35.9 Å². The Bertz CT molecular complexity index is 1130. The number of alkyl halides is 1. The minimum absolute atomic E-state index is 0.0469. The predicted octanol–water partition coefficient (Wildman–Crippen LogP) is 4.59. The second-order valence-corrected chi connectivity index (χ2v) is 11.2. The summed E-state index contributed by atoms with van der Waals surface area (Å²) in [6, 6.07) is 0.993. The standard InChI is InChI=1S/C25H33ClF2N6O/c1-3-16(29-15-5-6-15)17-9-13(2)20-18-21(19(28)22(26)31-20)32-24(33-23(18)30-17)35-12-25-7-4-8-34(25)11-14(27)10-25/h13-17,29H,3-12H2,1-2H3,(H,30,32,33)/t13-,14+,16-,17+,25-/m0/s1. The van der Waals surface area contributed by atoms with Crippen LogP contribution in [0.5, 0.6) is 6.01 Å². The van der Waals surface area contributed by atoms with E-state index in [9.17, 15) is 4.39 Å². The molecule has 0 unspecified atom stereocenters. The molecule has 0 radical (unpaired) electrons. The lowest BCUT2D eigenvalue weighted by Gasteiger charge is -2.31. The van der Waals surface area contributed by atoms with Crippen molar-refractivity contribution in [3.8, 4) is 6.01 Å². The summed E-state index contributed by atoms with van der Waals surface area (Å²) in [4.78, 5) is 15.8. The second-order valence-electron chi connectivity index (χ2n) is 10.9. The normalized spacial score (nSPS) is 31.3. The van der Waals surface area contributed by atoms with Gasteiger partial charge in [-0.3, -0.25) is 4.90 Å². The molecule has 7 nitrogen and oxygen atoms in total. The molecule has 3 fully saturated rings. The Kier molecular flexibility index (Phi) is 6.00. The zero-order valence-electron chi connectivity index (χ0n) is 20.3. The van der Waals surface area contributed by atoms with E-state index in [2.05, 4.69) is 39.3 Å². The molecule has 0 aromatic carbocycles. The number of nitrogens with zero attached hydrogens (tertiary/aromatic N) is 4. The van der Waals surface area contributed by atoms with Gasteiger partial charge in [-0.25, -0.2) is 13.8 Å². The van der Waals surface area contributed by atoms with Crippen molar-refractivity contribution in [1.82, 2.24) is 25.2 Å². The first-order valence-electron chi connectivity index (χ1n) is 13.0. The first-order valence-corrected chi connectivity index (χ1v) is 13.4. The van der Waals surface area contributed by atoms with Crippen LogP contribution >= 0.6 is 11.6 Å². The van der Waals surface area contributed by atoms with Crippen LogP contribution in [0.3, 0.4) is 0 Å². The van der Waals surface area contributed by atoms with Gasteiger partial charge in [-0.2, -0.15) is 9.97 Å². The summed E-state index contributed by atoms with van der Waals surface area (Å²) in [6.07, 6.45) is 5.68. The minimum atomic E-state index is -0.847. The zero-order valence-corrected chi connectivity index (χ0v) is 21.0. The number of anilines is 1. The van der Waals surface area contributed by atoms with Crippen LogP contribution in [0.25, 0.3) is 10.9 Å². The van der Waals surface area contributed by atoms with Gasteiger partial charge in [0.25, 0.3) is 0 Å². The summed E-state index contributed by atoms with van der Waals surface area (Å²) >= 11 is 6.22. The number of hydrogen-bond acceptors (Lipinski definition) is 7. The highest BCUT2D eigenvalue weighted by Crippen LogP contribution is 2.42. The van der Waals surface area contributed by atoms with Crippen LogP contribution in [0.1, 0.15) is 70.4 Å². The Labute approximate surface area is 209 Å². The molecule has 2 saturated heterocycles. The molecule has 190 valence electrons. The van der Waals surface area contributed by atoms with Gasteiger partial charge in [-0.05, 0) is 45.1 Å². The fourth-order valence-corrected chi connectivity index (χ4v) is 6.57. The van der Waals surface area contributed by atoms with E-state index in [-0.39, 0.29) is 46.8 Å². The van der Waals surface area contributed by atoms with Crippen LogP contribution < -0.4 is 15.4 Å². The number of fused-ring (bicyclic) bond motifs is 1. The number of ether oxygens (including phenoxy) is 1. The van der Waals surface area contributed by atoms with Gasteiger partial charge in [0.1, 0.15) is 24.1 Å². The molecular weight excluding hydrogens is 474 g/mol. The van der Waals surface area contributed by atoms with Gasteiger partial charge in [0.2, 0.25) is 0 Å². The molecular formula is C25H33ClF2N6O. The summed E-state index contributed by atoms with van der Waals surface area (Å²) in [7, 11) is 0. The molecule has 35 heavy (non-hydrogen) atoms. The number of nitrogens with one attached hydrogen (secondary N) is 2. The lowest BCUT2D eigenvalue weighted by molar-refractivity contribution is 0.107. The van der Waals surface area contributed by atoms with Crippen molar-refractivity contribution in [3.63, 3.8) is 0 Å². The third-order valence-electron chi connectivity index (χ3n) is 8.33. The first kappa shape index (κ1) is 23.6. The van der Waals surface area contributed by atoms with Gasteiger partial charge in [0.05, 0.1) is 16.6 Å². The lowest BCUT2D eigenvalue weighted by Crippen LogP contribution is -2.45. The van der Waals surface area contributed by atoms with E-state index in [1.807, 2.05) is 0 Å². The highest BCUT2D eigenvalue weighted by atomic mass is 35.5. The molecule has 0 bridgehead atoms. The lowest BCUT2D eigenvalue weighted by atomic mass is 9.92. The maximum Gasteiger partial charge on any atom is 0.319 e. The number of rotatable bonds is 7. The Hall–Kier alpha value is -1.84. The molecule has 5 atom stereocenters. The molecule has 2 aromatic rings. The van der Waals surface area contributed by atoms with Crippen molar-refractivity contribution in [2.75, 3.05) is 25.0 Å². The second kappa shape index (κ2) is 8.92. The quantitative estimate of drug-likeness (QED) is 0.532. The van der Waals surface area contributed by atoms with Crippen molar-refractivity contribution in [1.29, 1.82) is 0 Å². The van der Waals surface area contributed by atoms with Gasteiger partial charge < -0.3 is 15.4 Å². The maximum absolute atomic E-state index is 15.2. The third kappa shape index (κ3) is 4.23. The Morgan fingerprint density at radius 1 is 1.31 bits per heavy atom. The summed E-state index contributed by atoms with van der Waals surface area (Å²) in [5.41, 5.74) is 0.497. The Morgan fingerprint density at radius 2 is 2.14 bits per heavy atom. The van der Waals surface area contributed by atoms with Crippen LogP contribution in [0.4, 0.5) is 14.6 Å². The van der Waals surface area contributed by atoms with Crippen molar-refractivity contribution >= 4 is 28.3 Å². The van der Waals surface area contributed by atoms with Gasteiger partial charge in [-0.15, -0.1) is 0 Å². The van der Waals surface area contributed by atoms with Crippen LogP contribution in [-0.4, -0.2) is 69.4 Å². The first-order chi connectivity index (χ1) is 16.9. The average Bonchev–Trinajstić information content (AvgIpc) is 3.51. The fraction of sp³-hybridized carbons (Fsp3) is 0.720. The molecule has 6 rings (SSSR count). The highest BCUT2D eigenvalue weighted by Gasteiger charge is 2.49. The van der Waals surface area contributed by atoms with Crippen LogP contribution in [-0.2, 0) is 0 Å². The van der Waals surface area contributed by atoms with E-state index in [1.165, 1.54) is 12.8 Å². The van der Waals surface area contributed by atoms with Gasteiger partial charge >= 0.3 is 6.01 Å². The number of pyridine rings is 1. The van der Waals surface area contributed by atoms with Crippen molar-refractivity contribution < 1.29 is 13.5 Å². The van der Waals surface area contributed by atoms with Gasteiger partial charge in [0.15, 0.2) is 11.0 Å². The Morgan fingerprint density at radius 3 is 2.91 bits per heavy atom.